The lowest BCUT2D eigenvalue weighted by Crippen LogP contribution is -2.58. The molecule has 0 N–H and O–H groups in total. The predicted molar refractivity (Wildman–Crippen MR) is 157 cm³/mol. The third-order valence-corrected chi connectivity index (χ3v) is 8.25. The van der Waals surface area contributed by atoms with Crippen molar-refractivity contribution >= 4 is 22.8 Å². The number of hydrogen-bond donors (Lipinski definition) is 0. The first-order valence-electron chi connectivity index (χ1n) is 14.4. The topological polar surface area (TPSA) is 115 Å². The summed E-state index contributed by atoms with van der Waals surface area (Å²) < 4.78 is 19.2. The Bertz CT molecular complexity index is 1760. The molecule has 218 valence electrons. The molecule has 0 spiro atoms. The van der Waals surface area contributed by atoms with E-state index in [1.807, 2.05) is 38.7 Å². The molecule has 2 bridgehead atoms. The maximum Gasteiger partial charge on any atom is 0.355 e. The Labute approximate surface area is 242 Å². The van der Waals surface area contributed by atoms with Gasteiger partial charge in [-0.3, -0.25) is 9.78 Å². The Morgan fingerprint density at radius 1 is 1.17 bits per heavy atom. The Balaban J connectivity index is 1.66. The number of aryl methyl sites for hydroxylation is 2. The minimum Gasteiger partial charge on any atom is -0.349 e. The van der Waals surface area contributed by atoms with Crippen LogP contribution in [-0.4, -0.2) is 70.5 Å². The van der Waals surface area contributed by atoms with E-state index in [2.05, 4.69) is 26.9 Å². The highest BCUT2D eigenvalue weighted by atomic mass is 19.1. The average molecular weight is 572 g/mol. The van der Waals surface area contributed by atoms with Gasteiger partial charge in [0, 0.05) is 37.9 Å². The minimum absolute atomic E-state index is 0.0105. The molecule has 1 fully saturated rings. The summed E-state index contributed by atoms with van der Waals surface area (Å²) in [5.74, 6) is -0.370. The van der Waals surface area contributed by atoms with Crippen molar-refractivity contribution in [2.45, 2.75) is 71.5 Å². The third-order valence-electron chi connectivity index (χ3n) is 8.25. The van der Waals surface area contributed by atoms with Gasteiger partial charge in [-0.05, 0) is 62.8 Å². The zero-order valence-corrected chi connectivity index (χ0v) is 24.3. The van der Waals surface area contributed by atoms with Crippen LogP contribution in [0.3, 0.4) is 0 Å². The summed E-state index contributed by atoms with van der Waals surface area (Å²) in [7, 11) is 0. The molecule has 11 nitrogen and oxygen atoms in total. The first kappa shape index (κ1) is 27.7. The zero-order chi connectivity index (χ0) is 29.7. The van der Waals surface area contributed by atoms with E-state index in [1.54, 1.807) is 15.8 Å². The van der Waals surface area contributed by atoms with Crippen LogP contribution < -0.4 is 10.6 Å². The van der Waals surface area contributed by atoms with E-state index in [-0.39, 0.29) is 35.2 Å². The molecule has 1 saturated heterocycles. The van der Waals surface area contributed by atoms with Gasteiger partial charge in [0.05, 0.1) is 23.0 Å². The molecular formula is C30H34FN9O2. The second-order valence-corrected chi connectivity index (χ2v) is 11.4. The summed E-state index contributed by atoms with van der Waals surface area (Å²) in [6.45, 7) is 12.9. The Kier molecular flexibility index (Phi) is 7.07. The normalized spacial score (nSPS) is 18.9. The van der Waals surface area contributed by atoms with Gasteiger partial charge in [-0.15, -0.1) is 5.10 Å². The van der Waals surface area contributed by atoms with E-state index in [0.717, 1.165) is 24.1 Å². The first-order chi connectivity index (χ1) is 20.2. The molecule has 1 amide bonds. The van der Waals surface area contributed by atoms with Crippen LogP contribution in [0.2, 0.25) is 0 Å². The van der Waals surface area contributed by atoms with E-state index in [1.165, 1.54) is 22.9 Å². The molecule has 2 aliphatic heterocycles. The number of nitrogens with zero attached hydrogens (tertiary/aromatic N) is 9. The van der Waals surface area contributed by atoms with Crippen LogP contribution in [0, 0.1) is 5.82 Å². The molecular weight excluding hydrogens is 537 g/mol. The van der Waals surface area contributed by atoms with Crippen molar-refractivity contribution < 1.29 is 9.18 Å². The Morgan fingerprint density at radius 2 is 1.98 bits per heavy atom. The fourth-order valence-corrected chi connectivity index (χ4v) is 6.13. The fraction of sp³-hybridized carbons (Fsp3) is 0.433. The number of amides is 1. The molecule has 4 aromatic heterocycles. The van der Waals surface area contributed by atoms with Crippen LogP contribution in [-0.2, 0) is 17.8 Å². The van der Waals surface area contributed by atoms with Gasteiger partial charge < -0.3 is 9.80 Å². The van der Waals surface area contributed by atoms with Gasteiger partial charge in [0.25, 0.3) is 0 Å². The van der Waals surface area contributed by atoms with Crippen LogP contribution in [0.25, 0.3) is 28.1 Å². The van der Waals surface area contributed by atoms with Crippen molar-refractivity contribution in [1.29, 1.82) is 0 Å². The van der Waals surface area contributed by atoms with Crippen LogP contribution >= 0.6 is 0 Å². The molecule has 12 heteroatoms. The molecule has 4 aromatic rings. The highest BCUT2D eigenvalue weighted by molar-refractivity contribution is 5.91. The summed E-state index contributed by atoms with van der Waals surface area (Å²) in [5.41, 5.74) is 2.64. The van der Waals surface area contributed by atoms with Crippen LogP contribution in [0.4, 0.5) is 10.2 Å². The number of pyridine rings is 2. The predicted octanol–water partition coefficient (Wildman–Crippen LogP) is 3.64. The van der Waals surface area contributed by atoms with E-state index in [0.29, 0.717) is 48.6 Å². The molecule has 0 saturated carbocycles. The number of anilines is 1. The molecule has 2 atom stereocenters. The Hall–Kier alpha value is -4.48. The number of piperazine rings is 1. The van der Waals surface area contributed by atoms with Crippen LogP contribution in [0.5, 0.6) is 0 Å². The summed E-state index contributed by atoms with van der Waals surface area (Å²) in [4.78, 5) is 44.4. The molecule has 42 heavy (non-hydrogen) atoms. The second-order valence-electron chi connectivity index (χ2n) is 11.4. The molecule has 0 aromatic carbocycles. The van der Waals surface area contributed by atoms with Crippen molar-refractivity contribution in [1.82, 2.24) is 39.4 Å². The molecule has 2 aliphatic rings. The van der Waals surface area contributed by atoms with Crippen LogP contribution in [0.15, 0.2) is 42.0 Å². The van der Waals surface area contributed by atoms with Gasteiger partial charge in [0.1, 0.15) is 17.2 Å². The number of carbonyl (C=O) groups is 1. The van der Waals surface area contributed by atoms with Gasteiger partial charge in [-0.1, -0.05) is 25.6 Å². The van der Waals surface area contributed by atoms with Gasteiger partial charge in [0.15, 0.2) is 11.5 Å². The SMILES string of the molecule is C=CC(=O)N1CC(C)N(c2nc(=O)n3c4nc(c(F)cc24)-c2cnnn2CCCCc2ccnc(C(C)C)c2-3)CC1C. The summed E-state index contributed by atoms with van der Waals surface area (Å²) >= 11 is 0. The summed E-state index contributed by atoms with van der Waals surface area (Å²) in [5, 5.41) is 8.62. The number of rotatable bonds is 3. The standard InChI is InChI=1S/C30H34FN9O2/c1-6-24(41)37-15-19(5)38(16-18(37)4)28-21-13-22(31)26-23-14-33-36-39(23)12-8-7-9-20-10-11-32-25(17(2)3)27(20)40(29(21)34-26)30(42)35-28/h6,10-11,13-14,17-19H,1,7-9,12,15-16H2,2-5H3. The summed E-state index contributed by atoms with van der Waals surface area (Å²) in [6.07, 6.45) is 6.90. The second kappa shape index (κ2) is 10.7. The molecule has 6 heterocycles. The maximum absolute atomic E-state index is 16.0. The fourth-order valence-electron chi connectivity index (χ4n) is 6.13. The first-order valence-corrected chi connectivity index (χ1v) is 14.4. The van der Waals surface area contributed by atoms with Crippen molar-refractivity contribution in [3.05, 3.63) is 64.7 Å². The van der Waals surface area contributed by atoms with Gasteiger partial charge in [0.2, 0.25) is 5.91 Å². The lowest BCUT2D eigenvalue weighted by molar-refractivity contribution is -0.128. The van der Waals surface area contributed by atoms with Crippen molar-refractivity contribution in [3.63, 3.8) is 0 Å². The highest BCUT2D eigenvalue weighted by Gasteiger charge is 2.34. The monoisotopic (exact) mass is 571 g/mol. The highest BCUT2D eigenvalue weighted by Crippen LogP contribution is 2.34. The molecule has 0 aliphatic carbocycles. The van der Waals surface area contributed by atoms with Gasteiger partial charge >= 0.3 is 5.69 Å². The Morgan fingerprint density at radius 3 is 2.74 bits per heavy atom. The minimum atomic E-state index is -0.562. The van der Waals surface area contributed by atoms with Crippen molar-refractivity contribution in [3.8, 4) is 17.1 Å². The molecule has 6 rings (SSSR count). The van der Waals surface area contributed by atoms with Crippen LogP contribution in [0.1, 0.15) is 57.7 Å². The zero-order valence-electron chi connectivity index (χ0n) is 24.3. The van der Waals surface area contributed by atoms with E-state index < -0.39 is 11.5 Å². The summed E-state index contributed by atoms with van der Waals surface area (Å²) in [6, 6.07) is 2.96. The quantitative estimate of drug-likeness (QED) is 0.343. The van der Waals surface area contributed by atoms with Gasteiger partial charge in [-0.2, -0.15) is 4.98 Å². The number of aromatic nitrogens is 7. The average Bonchev–Trinajstić information content (AvgIpc) is 3.43. The lowest BCUT2D eigenvalue weighted by atomic mass is 10.00. The third kappa shape index (κ3) is 4.54. The number of fused-ring (bicyclic) bond motifs is 5. The van der Waals surface area contributed by atoms with Crippen molar-refractivity contribution in [2.75, 3.05) is 18.0 Å². The number of hydrogen-bond acceptors (Lipinski definition) is 8. The number of carbonyl (C=O) groups excluding carboxylic acids is 1. The molecule has 2 unspecified atom stereocenters. The largest absolute Gasteiger partial charge is 0.355 e. The van der Waals surface area contributed by atoms with E-state index in [4.69, 9.17) is 4.98 Å². The lowest BCUT2D eigenvalue weighted by Gasteiger charge is -2.44. The van der Waals surface area contributed by atoms with Crippen molar-refractivity contribution in [2.24, 2.45) is 0 Å². The van der Waals surface area contributed by atoms with E-state index >= 15 is 4.39 Å². The smallest absolute Gasteiger partial charge is 0.349 e. The van der Waals surface area contributed by atoms with Gasteiger partial charge in [-0.25, -0.2) is 23.4 Å². The maximum atomic E-state index is 16.0. The molecule has 0 radical (unpaired) electrons. The number of halogens is 1. The van der Waals surface area contributed by atoms with E-state index in [9.17, 15) is 9.59 Å².